The molecule has 1 fully saturated rings. The van der Waals surface area contributed by atoms with Gasteiger partial charge in [0.1, 0.15) is 0 Å². The van der Waals surface area contributed by atoms with Crippen LogP contribution in [0.3, 0.4) is 0 Å². The van der Waals surface area contributed by atoms with Gasteiger partial charge in [-0.3, -0.25) is 0 Å². The van der Waals surface area contributed by atoms with Gasteiger partial charge in [0.25, 0.3) is 10.2 Å². The smallest absolute Gasteiger partial charge is 0.279 e. The normalized spacial score (nSPS) is 25.4. The van der Waals surface area contributed by atoms with E-state index in [1.54, 1.807) is 12.1 Å². The average molecular weight is 328 g/mol. The fourth-order valence-corrected chi connectivity index (χ4v) is 3.99. The van der Waals surface area contributed by atoms with Gasteiger partial charge in [-0.1, -0.05) is 6.07 Å². The molecule has 22 heavy (non-hydrogen) atoms. The van der Waals surface area contributed by atoms with E-state index in [-0.39, 0.29) is 25.5 Å². The predicted molar refractivity (Wildman–Crippen MR) is 79.9 cm³/mol. The van der Waals surface area contributed by atoms with Gasteiger partial charge < -0.3 is 14.2 Å². The fourth-order valence-electron chi connectivity index (χ4n) is 2.64. The van der Waals surface area contributed by atoms with Crippen LogP contribution in [0, 0.1) is 0 Å². The molecule has 2 aliphatic rings. The van der Waals surface area contributed by atoms with Crippen LogP contribution in [0.1, 0.15) is 19.4 Å². The molecule has 0 saturated carbocycles. The molecule has 2 atom stereocenters. The Morgan fingerprint density at radius 2 is 1.86 bits per heavy atom. The topological polar surface area (TPSA) is 77.1 Å². The maximum absolute atomic E-state index is 12.4. The zero-order valence-electron chi connectivity index (χ0n) is 12.6. The van der Waals surface area contributed by atoms with Gasteiger partial charge in [0.2, 0.25) is 6.79 Å². The second-order valence-electron chi connectivity index (χ2n) is 5.59. The molecular weight excluding hydrogens is 308 g/mol. The highest BCUT2D eigenvalue weighted by Crippen LogP contribution is 2.32. The third-order valence-corrected chi connectivity index (χ3v) is 5.11. The first-order valence-electron chi connectivity index (χ1n) is 7.23. The molecule has 0 radical (unpaired) electrons. The van der Waals surface area contributed by atoms with Gasteiger partial charge in [-0.05, 0) is 31.5 Å². The van der Waals surface area contributed by atoms with Crippen LogP contribution in [0.2, 0.25) is 0 Å². The second-order valence-corrected chi connectivity index (χ2v) is 7.34. The molecule has 0 unspecified atom stereocenters. The summed E-state index contributed by atoms with van der Waals surface area (Å²) in [5, 5.41) is 0. The van der Waals surface area contributed by atoms with Crippen molar-refractivity contribution in [2.75, 3.05) is 19.9 Å². The minimum atomic E-state index is -3.53. The van der Waals surface area contributed by atoms with Crippen molar-refractivity contribution in [3.63, 3.8) is 0 Å². The van der Waals surface area contributed by atoms with Crippen molar-refractivity contribution < 1.29 is 22.6 Å². The maximum Gasteiger partial charge on any atom is 0.279 e. The Kier molecular flexibility index (Phi) is 4.26. The van der Waals surface area contributed by atoms with Gasteiger partial charge in [0, 0.05) is 19.6 Å². The number of nitrogens with zero attached hydrogens (tertiary/aromatic N) is 1. The Hall–Kier alpha value is -1.35. The zero-order chi connectivity index (χ0) is 15.7. The van der Waals surface area contributed by atoms with Gasteiger partial charge >= 0.3 is 0 Å². The van der Waals surface area contributed by atoms with E-state index < -0.39 is 10.2 Å². The summed E-state index contributed by atoms with van der Waals surface area (Å²) >= 11 is 0. The quantitative estimate of drug-likeness (QED) is 0.887. The highest BCUT2D eigenvalue weighted by Gasteiger charge is 2.30. The first kappa shape index (κ1) is 15.5. The van der Waals surface area contributed by atoms with Gasteiger partial charge in [-0.25, -0.2) is 0 Å². The first-order chi connectivity index (χ1) is 10.4. The van der Waals surface area contributed by atoms with E-state index in [1.165, 1.54) is 4.31 Å². The highest BCUT2D eigenvalue weighted by atomic mass is 32.2. The van der Waals surface area contributed by atoms with Crippen molar-refractivity contribution in [2.24, 2.45) is 0 Å². The van der Waals surface area contributed by atoms with Crippen LogP contribution in [0.4, 0.5) is 0 Å². The average Bonchev–Trinajstić information content (AvgIpc) is 2.91. The van der Waals surface area contributed by atoms with E-state index >= 15 is 0 Å². The van der Waals surface area contributed by atoms with Crippen LogP contribution in [0.25, 0.3) is 0 Å². The standard InChI is InChI=1S/C14H20N2O5S/c1-10-7-16(8-11(2)21-10)22(17,18)15-6-12-3-4-13-14(5-12)20-9-19-13/h3-5,10-11,15H,6-9H2,1-2H3/t10-,11+. The molecule has 0 bridgehead atoms. The van der Waals surface area contributed by atoms with E-state index in [1.807, 2.05) is 19.9 Å². The first-order valence-corrected chi connectivity index (χ1v) is 8.67. The number of rotatable bonds is 4. The summed E-state index contributed by atoms with van der Waals surface area (Å²) in [6.07, 6.45) is -0.211. The van der Waals surface area contributed by atoms with E-state index in [4.69, 9.17) is 14.2 Å². The van der Waals surface area contributed by atoms with Crippen LogP contribution >= 0.6 is 0 Å². The number of fused-ring (bicyclic) bond motifs is 1. The van der Waals surface area contributed by atoms with Crippen molar-refractivity contribution >= 4 is 10.2 Å². The molecule has 1 N–H and O–H groups in total. The molecule has 1 saturated heterocycles. The van der Waals surface area contributed by atoms with Crippen molar-refractivity contribution in [1.29, 1.82) is 0 Å². The predicted octanol–water partition coefficient (Wildman–Crippen LogP) is 0.859. The van der Waals surface area contributed by atoms with Crippen molar-refractivity contribution in [3.05, 3.63) is 23.8 Å². The monoisotopic (exact) mass is 328 g/mol. The lowest BCUT2D eigenvalue weighted by molar-refractivity contribution is -0.0444. The summed E-state index contributed by atoms with van der Waals surface area (Å²) in [4.78, 5) is 0. The van der Waals surface area contributed by atoms with Gasteiger partial charge in [0.05, 0.1) is 12.2 Å². The molecular formula is C14H20N2O5S. The lowest BCUT2D eigenvalue weighted by atomic mass is 10.2. The molecule has 0 amide bonds. The molecule has 2 aliphatic heterocycles. The SMILES string of the molecule is C[C@@H]1CN(S(=O)(=O)NCc2ccc3c(c2)OCO3)C[C@H](C)O1. The van der Waals surface area contributed by atoms with Gasteiger partial charge in [-0.2, -0.15) is 17.4 Å². The minimum absolute atomic E-state index is 0.106. The van der Waals surface area contributed by atoms with Crippen LogP contribution < -0.4 is 14.2 Å². The number of nitrogens with one attached hydrogen (secondary N) is 1. The van der Waals surface area contributed by atoms with Crippen LogP contribution in [-0.2, 0) is 21.5 Å². The third-order valence-electron chi connectivity index (χ3n) is 3.62. The van der Waals surface area contributed by atoms with Gasteiger partial charge in [-0.15, -0.1) is 0 Å². The van der Waals surface area contributed by atoms with Crippen molar-refractivity contribution in [3.8, 4) is 11.5 Å². The lowest BCUT2D eigenvalue weighted by Gasteiger charge is -2.34. The summed E-state index contributed by atoms with van der Waals surface area (Å²) in [6, 6.07) is 5.39. The van der Waals surface area contributed by atoms with Gasteiger partial charge in [0.15, 0.2) is 11.5 Å². The van der Waals surface area contributed by atoms with E-state index in [2.05, 4.69) is 4.72 Å². The number of morpholine rings is 1. The lowest BCUT2D eigenvalue weighted by Crippen LogP contribution is -2.51. The molecule has 122 valence electrons. The molecule has 0 spiro atoms. The zero-order valence-corrected chi connectivity index (χ0v) is 13.4. The van der Waals surface area contributed by atoms with Crippen LogP contribution in [0.5, 0.6) is 11.5 Å². The number of hydrogen-bond acceptors (Lipinski definition) is 5. The summed E-state index contributed by atoms with van der Waals surface area (Å²) < 4.78 is 44.9. The Morgan fingerprint density at radius 3 is 2.59 bits per heavy atom. The second kappa shape index (κ2) is 6.04. The number of benzene rings is 1. The highest BCUT2D eigenvalue weighted by molar-refractivity contribution is 7.87. The molecule has 3 rings (SSSR count). The Labute approximate surface area is 130 Å². The largest absolute Gasteiger partial charge is 0.454 e. The van der Waals surface area contributed by atoms with Crippen molar-refractivity contribution in [1.82, 2.24) is 9.03 Å². The molecule has 0 aliphatic carbocycles. The Balaban J connectivity index is 1.64. The van der Waals surface area contributed by atoms with Crippen LogP contribution in [0.15, 0.2) is 18.2 Å². The number of hydrogen-bond donors (Lipinski definition) is 1. The molecule has 1 aromatic rings. The Morgan fingerprint density at radius 1 is 1.18 bits per heavy atom. The molecule has 2 heterocycles. The summed E-state index contributed by atoms with van der Waals surface area (Å²) in [5.74, 6) is 1.33. The van der Waals surface area contributed by atoms with Crippen LogP contribution in [-0.4, -0.2) is 44.8 Å². The molecule has 0 aromatic heterocycles. The van der Waals surface area contributed by atoms with E-state index in [0.717, 1.165) is 5.56 Å². The summed E-state index contributed by atoms with van der Waals surface area (Å²) in [7, 11) is -3.53. The molecule has 1 aromatic carbocycles. The summed E-state index contributed by atoms with van der Waals surface area (Å²) in [6.45, 7) is 4.88. The minimum Gasteiger partial charge on any atom is -0.454 e. The van der Waals surface area contributed by atoms with E-state index in [0.29, 0.717) is 24.6 Å². The number of ether oxygens (including phenoxy) is 3. The van der Waals surface area contributed by atoms with E-state index in [9.17, 15) is 8.42 Å². The van der Waals surface area contributed by atoms with Crippen molar-refractivity contribution in [2.45, 2.75) is 32.6 Å². The molecule has 7 nitrogen and oxygen atoms in total. The Bertz CT molecular complexity index is 639. The maximum atomic E-state index is 12.4. The summed E-state index contributed by atoms with van der Waals surface area (Å²) in [5.41, 5.74) is 0.821. The fraction of sp³-hybridized carbons (Fsp3) is 0.571. The molecule has 8 heteroatoms. The third kappa shape index (κ3) is 3.35.